The summed E-state index contributed by atoms with van der Waals surface area (Å²) >= 11 is 1.32. The van der Waals surface area contributed by atoms with Gasteiger partial charge in [0.25, 0.3) is 11.8 Å². The van der Waals surface area contributed by atoms with E-state index in [4.69, 9.17) is 4.74 Å². The summed E-state index contributed by atoms with van der Waals surface area (Å²) in [5.74, 6) is -0.00698. The first-order valence-corrected chi connectivity index (χ1v) is 11.2. The fourth-order valence-corrected chi connectivity index (χ4v) is 4.49. The number of carbonyl (C=O) groups is 2. The number of carbonyl (C=O) groups excluding carboxylic acids is 2. The maximum atomic E-state index is 13.5. The van der Waals surface area contributed by atoms with Crippen LogP contribution in [0.5, 0.6) is 5.75 Å². The molecular formula is C26H22FNO3S. The highest BCUT2D eigenvalue weighted by Gasteiger charge is 2.40. The first-order chi connectivity index (χ1) is 15.4. The second-order valence-corrected chi connectivity index (χ2v) is 8.58. The summed E-state index contributed by atoms with van der Waals surface area (Å²) in [5.41, 5.74) is 2.31. The van der Waals surface area contributed by atoms with Crippen molar-refractivity contribution in [3.8, 4) is 5.75 Å². The minimum absolute atomic E-state index is 0.0173. The molecule has 4 nitrogen and oxygen atoms in total. The molecule has 4 rings (SSSR count). The Morgan fingerprint density at radius 3 is 2.16 bits per heavy atom. The van der Waals surface area contributed by atoms with Gasteiger partial charge in [0, 0.05) is 5.75 Å². The lowest BCUT2D eigenvalue weighted by Gasteiger charge is -2.16. The zero-order chi connectivity index (χ0) is 22.7. The summed E-state index contributed by atoms with van der Waals surface area (Å²) in [6.07, 6.45) is 0.0173. The molecule has 0 radical (unpaired) electrons. The van der Waals surface area contributed by atoms with E-state index in [1.54, 1.807) is 24.3 Å². The van der Waals surface area contributed by atoms with E-state index in [1.807, 2.05) is 44.2 Å². The van der Waals surface area contributed by atoms with Gasteiger partial charge in [0.2, 0.25) is 0 Å². The van der Waals surface area contributed by atoms with Crippen molar-refractivity contribution >= 4 is 34.8 Å². The molecule has 32 heavy (non-hydrogen) atoms. The third-order valence-electron chi connectivity index (χ3n) is 4.87. The Hall–Kier alpha value is -3.38. The standard InChI is InChI=1S/C26H22FNO3S/c1-17(2)31-22-14-12-21(13-15-22)28-25(29)23(19-8-10-20(27)11-9-19)24(26(28)30)32-16-18-6-4-3-5-7-18/h3-15,17H,16H2,1-2H3. The molecule has 162 valence electrons. The normalized spacial score (nSPS) is 13.9. The van der Waals surface area contributed by atoms with E-state index in [0.717, 1.165) is 5.56 Å². The smallest absolute Gasteiger partial charge is 0.272 e. The van der Waals surface area contributed by atoms with Gasteiger partial charge in [0.15, 0.2) is 0 Å². The number of halogens is 1. The van der Waals surface area contributed by atoms with Crippen molar-refractivity contribution in [1.29, 1.82) is 0 Å². The average molecular weight is 448 g/mol. The summed E-state index contributed by atoms with van der Waals surface area (Å²) < 4.78 is 19.1. The Morgan fingerprint density at radius 1 is 0.875 bits per heavy atom. The summed E-state index contributed by atoms with van der Waals surface area (Å²) in [6.45, 7) is 3.85. The number of hydrogen-bond acceptors (Lipinski definition) is 4. The second kappa shape index (κ2) is 9.40. The molecule has 0 saturated carbocycles. The van der Waals surface area contributed by atoms with Crippen molar-refractivity contribution in [1.82, 2.24) is 0 Å². The first kappa shape index (κ1) is 21.8. The Morgan fingerprint density at radius 2 is 1.53 bits per heavy atom. The molecule has 0 atom stereocenters. The van der Waals surface area contributed by atoms with Gasteiger partial charge in [-0.25, -0.2) is 9.29 Å². The molecule has 3 aromatic carbocycles. The van der Waals surface area contributed by atoms with Gasteiger partial charge in [0.1, 0.15) is 11.6 Å². The van der Waals surface area contributed by atoms with Crippen molar-refractivity contribution in [3.05, 3.63) is 101 Å². The van der Waals surface area contributed by atoms with E-state index in [2.05, 4.69) is 0 Å². The lowest BCUT2D eigenvalue weighted by atomic mass is 10.1. The van der Waals surface area contributed by atoms with E-state index < -0.39 is 11.7 Å². The number of imide groups is 1. The van der Waals surface area contributed by atoms with E-state index in [1.165, 1.54) is 40.9 Å². The number of ether oxygens (including phenoxy) is 1. The molecule has 1 heterocycles. The predicted octanol–water partition coefficient (Wildman–Crippen LogP) is 5.83. The zero-order valence-electron chi connectivity index (χ0n) is 17.7. The fraction of sp³-hybridized carbons (Fsp3) is 0.154. The summed E-state index contributed by atoms with van der Waals surface area (Å²) in [5, 5.41) is 0. The molecule has 0 N–H and O–H groups in total. The van der Waals surface area contributed by atoms with Crippen LogP contribution in [0.15, 0.2) is 83.8 Å². The van der Waals surface area contributed by atoms with Gasteiger partial charge in [-0.05, 0) is 61.4 Å². The molecule has 3 aromatic rings. The number of nitrogens with zero attached hydrogens (tertiary/aromatic N) is 1. The van der Waals surface area contributed by atoms with Crippen LogP contribution < -0.4 is 9.64 Å². The Bertz CT molecular complexity index is 1160. The van der Waals surface area contributed by atoms with Crippen molar-refractivity contribution in [2.45, 2.75) is 25.7 Å². The first-order valence-electron chi connectivity index (χ1n) is 10.3. The van der Waals surface area contributed by atoms with Gasteiger partial charge >= 0.3 is 0 Å². The van der Waals surface area contributed by atoms with Gasteiger partial charge in [-0.3, -0.25) is 9.59 Å². The van der Waals surface area contributed by atoms with Crippen LogP contribution in [0.3, 0.4) is 0 Å². The molecule has 0 aromatic heterocycles. The van der Waals surface area contributed by atoms with Gasteiger partial charge in [-0.2, -0.15) is 0 Å². The van der Waals surface area contributed by atoms with Crippen LogP contribution in [0.25, 0.3) is 5.57 Å². The van der Waals surface area contributed by atoms with Crippen molar-refractivity contribution in [3.63, 3.8) is 0 Å². The molecule has 2 amide bonds. The minimum Gasteiger partial charge on any atom is -0.491 e. The molecule has 0 unspecified atom stereocenters. The maximum absolute atomic E-state index is 13.5. The minimum atomic E-state index is -0.422. The van der Waals surface area contributed by atoms with Gasteiger partial charge in [0.05, 0.1) is 22.3 Å². The Labute approximate surface area is 190 Å². The van der Waals surface area contributed by atoms with E-state index in [0.29, 0.717) is 33.2 Å². The number of hydrogen-bond donors (Lipinski definition) is 0. The van der Waals surface area contributed by atoms with Crippen LogP contribution >= 0.6 is 11.8 Å². The molecule has 0 spiro atoms. The van der Waals surface area contributed by atoms with Gasteiger partial charge in [-0.15, -0.1) is 11.8 Å². The fourth-order valence-electron chi connectivity index (χ4n) is 3.42. The van der Waals surface area contributed by atoms with Gasteiger partial charge in [-0.1, -0.05) is 42.5 Å². The largest absolute Gasteiger partial charge is 0.491 e. The number of rotatable bonds is 7. The molecule has 0 aliphatic carbocycles. The molecule has 1 aliphatic heterocycles. The summed E-state index contributed by atoms with van der Waals surface area (Å²) in [6, 6.07) is 22.2. The van der Waals surface area contributed by atoms with Crippen molar-refractivity contribution in [2.75, 3.05) is 4.90 Å². The number of benzene rings is 3. The van der Waals surface area contributed by atoms with Crippen molar-refractivity contribution < 1.29 is 18.7 Å². The van der Waals surface area contributed by atoms with Crippen LogP contribution in [0.2, 0.25) is 0 Å². The van der Waals surface area contributed by atoms with Crippen LogP contribution in [-0.4, -0.2) is 17.9 Å². The van der Waals surface area contributed by atoms with Crippen LogP contribution in [-0.2, 0) is 15.3 Å². The monoisotopic (exact) mass is 447 g/mol. The summed E-state index contributed by atoms with van der Waals surface area (Å²) in [4.78, 5) is 28.3. The topological polar surface area (TPSA) is 46.6 Å². The molecule has 6 heteroatoms. The van der Waals surface area contributed by atoms with Crippen molar-refractivity contribution in [2.24, 2.45) is 0 Å². The number of amides is 2. The third-order valence-corrected chi connectivity index (χ3v) is 6.01. The molecule has 0 fully saturated rings. The zero-order valence-corrected chi connectivity index (χ0v) is 18.6. The van der Waals surface area contributed by atoms with Crippen LogP contribution in [0.4, 0.5) is 10.1 Å². The Kier molecular flexibility index (Phi) is 6.42. The van der Waals surface area contributed by atoms with Crippen LogP contribution in [0, 0.1) is 5.82 Å². The highest BCUT2D eigenvalue weighted by atomic mass is 32.2. The van der Waals surface area contributed by atoms with E-state index in [9.17, 15) is 14.0 Å². The average Bonchev–Trinajstić information content (AvgIpc) is 3.03. The molecule has 0 bridgehead atoms. The second-order valence-electron chi connectivity index (χ2n) is 7.59. The number of anilines is 1. The van der Waals surface area contributed by atoms with Crippen LogP contribution in [0.1, 0.15) is 25.0 Å². The lowest BCUT2D eigenvalue weighted by molar-refractivity contribution is -0.119. The summed E-state index contributed by atoms with van der Waals surface area (Å²) in [7, 11) is 0. The Balaban J connectivity index is 1.68. The molecule has 1 aliphatic rings. The van der Waals surface area contributed by atoms with E-state index in [-0.39, 0.29) is 12.0 Å². The lowest BCUT2D eigenvalue weighted by Crippen LogP contribution is -2.31. The highest BCUT2D eigenvalue weighted by molar-refractivity contribution is 8.03. The highest BCUT2D eigenvalue weighted by Crippen LogP contribution is 2.40. The SMILES string of the molecule is CC(C)Oc1ccc(N2C(=O)C(SCc3ccccc3)=C(c3ccc(F)cc3)C2=O)cc1. The van der Waals surface area contributed by atoms with Gasteiger partial charge < -0.3 is 4.74 Å². The van der Waals surface area contributed by atoms with E-state index >= 15 is 0 Å². The third kappa shape index (κ3) is 4.60. The molecular weight excluding hydrogens is 425 g/mol. The predicted molar refractivity (Wildman–Crippen MR) is 126 cm³/mol. The maximum Gasteiger partial charge on any atom is 0.272 e. The quantitative estimate of drug-likeness (QED) is 0.428. The molecule has 0 saturated heterocycles. The number of thioether (sulfide) groups is 1.